The predicted molar refractivity (Wildman–Crippen MR) is 102 cm³/mol. The summed E-state index contributed by atoms with van der Waals surface area (Å²) in [7, 11) is 0. The van der Waals surface area contributed by atoms with Gasteiger partial charge in [0.15, 0.2) is 0 Å². The fourth-order valence-corrected chi connectivity index (χ4v) is 3.85. The third kappa shape index (κ3) is 2.68. The molecule has 5 nitrogen and oxygen atoms in total. The molecule has 0 radical (unpaired) electrons. The summed E-state index contributed by atoms with van der Waals surface area (Å²) < 4.78 is 6.95. The lowest BCUT2D eigenvalue weighted by atomic mass is 10.1. The van der Waals surface area contributed by atoms with Crippen LogP contribution >= 0.6 is 11.3 Å². The Bertz CT molecular complexity index is 1120. The molecule has 0 bridgehead atoms. The van der Waals surface area contributed by atoms with Gasteiger partial charge in [0.1, 0.15) is 6.10 Å². The van der Waals surface area contributed by atoms with Crippen molar-refractivity contribution in [3.63, 3.8) is 0 Å². The topological polar surface area (TPSA) is 55.3 Å². The fraction of sp³-hybridized carbons (Fsp3) is 0.150. The van der Waals surface area contributed by atoms with Crippen LogP contribution in [0.15, 0.2) is 60.1 Å². The quantitative estimate of drug-likeness (QED) is 0.558. The molecule has 2 aromatic heterocycles. The largest absolute Gasteiger partial charge is 0.471 e. The Morgan fingerprint density at radius 3 is 2.88 bits per heavy atom. The summed E-state index contributed by atoms with van der Waals surface area (Å²) in [6.45, 7) is 1.15. The lowest BCUT2D eigenvalue weighted by Crippen LogP contribution is -2.56. The van der Waals surface area contributed by atoms with E-state index in [1.165, 1.54) is 0 Å². The predicted octanol–water partition coefficient (Wildman–Crippen LogP) is 3.75. The van der Waals surface area contributed by atoms with Crippen LogP contribution in [0.3, 0.4) is 0 Å². The van der Waals surface area contributed by atoms with Crippen LogP contribution in [0.1, 0.15) is 10.4 Å². The Balaban J connectivity index is 1.25. The molecule has 0 aliphatic carbocycles. The summed E-state index contributed by atoms with van der Waals surface area (Å²) >= 11 is 1.54. The van der Waals surface area contributed by atoms with E-state index in [4.69, 9.17) is 4.74 Å². The first-order chi connectivity index (χ1) is 12.8. The zero-order valence-electron chi connectivity index (χ0n) is 13.8. The average Bonchev–Trinajstić information content (AvgIpc) is 3.11. The molecule has 1 fully saturated rings. The van der Waals surface area contributed by atoms with E-state index in [-0.39, 0.29) is 12.0 Å². The van der Waals surface area contributed by atoms with Crippen molar-refractivity contribution in [1.82, 2.24) is 14.9 Å². The SMILES string of the molecule is O=C(c1ccc2ncsc2c1)N1CC(Oc2ccc3ccccc3n2)C1. The molecule has 0 atom stereocenters. The molecule has 26 heavy (non-hydrogen) atoms. The molecular formula is C20H15N3O2S. The van der Waals surface area contributed by atoms with Crippen LogP contribution in [0.5, 0.6) is 5.88 Å². The standard InChI is InChI=1S/C20H15N3O2S/c24-20(14-5-7-17-18(9-14)26-12-21-17)23-10-15(11-23)25-19-8-6-13-3-1-2-4-16(13)22-19/h1-9,12,15H,10-11H2. The highest BCUT2D eigenvalue weighted by atomic mass is 32.1. The fourth-order valence-electron chi connectivity index (χ4n) is 3.13. The summed E-state index contributed by atoms with van der Waals surface area (Å²) in [6.07, 6.45) is -0.0141. The van der Waals surface area contributed by atoms with E-state index in [9.17, 15) is 4.79 Å². The number of ether oxygens (including phenoxy) is 1. The number of pyridine rings is 1. The number of carbonyl (C=O) groups is 1. The molecule has 0 spiro atoms. The van der Waals surface area contributed by atoms with Crippen LogP contribution in [0.25, 0.3) is 21.1 Å². The molecule has 5 rings (SSSR count). The highest BCUT2D eigenvalue weighted by molar-refractivity contribution is 7.16. The molecule has 2 aromatic carbocycles. The minimum atomic E-state index is -0.0141. The van der Waals surface area contributed by atoms with Crippen molar-refractivity contribution < 1.29 is 9.53 Å². The number of benzene rings is 2. The molecule has 0 saturated carbocycles. The maximum absolute atomic E-state index is 12.6. The Morgan fingerprint density at radius 2 is 1.96 bits per heavy atom. The first-order valence-electron chi connectivity index (χ1n) is 8.41. The van der Waals surface area contributed by atoms with E-state index in [1.54, 1.807) is 21.7 Å². The monoisotopic (exact) mass is 361 g/mol. The minimum absolute atomic E-state index is 0.0141. The lowest BCUT2D eigenvalue weighted by Gasteiger charge is -2.38. The van der Waals surface area contributed by atoms with Gasteiger partial charge >= 0.3 is 0 Å². The normalized spacial score (nSPS) is 14.5. The Labute approximate surface area is 153 Å². The maximum atomic E-state index is 12.6. The van der Waals surface area contributed by atoms with Crippen LogP contribution in [0.2, 0.25) is 0 Å². The molecule has 1 aliphatic heterocycles. The summed E-state index contributed by atoms with van der Waals surface area (Å²) in [5.41, 5.74) is 4.33. The number of fused-ring (bicyclic) bond motifs is 2. The van der Waals surface area contributed by atoms with E-state index in [0.717, 1.165) is 21.1 Å². The highest BCUT2D eigenvalue weighted by Crippen LogP contribution is 2.24. The first kappa shape index (κ1) is 15.3. The number of aromatic nitrogens is 2. The van der Waals surface area contributed by atoms with Crippen LogP contribution in [-0.4, -0.2) is 40.0 Å². The van der Waals surface area contributed by atoms with Crippen LogP contribution in [0.4, 0.5) is 0 Å². The van der Waals surface area contributed by atoms with Gasteiger partial charge in [-0.3, -0.25) is 4.79 Å². The van der Waals surface area contributed by atoms with Crippen LogP contribution in [-0.2, 0) is 0 Å². The summed E-state index contributed by atoms with van der Waals surface area (Å²) in [5, 5.41) is 1.09. The van der Waals surface area contributed by atoms with Gasteiger partial charge in [0.25, 0.3) is 5.91 Å². The smallest absolute Gasteiger partial charge is 0.254 e. The van der Waals surface area contributed by atoms with Crippen molar-refractivity contribution in [3.8, 4) is 5.88 Å². The third-order valence-corrected chi connectivity index (χ3v) is 5.37. The van der Waals surface area contributed by atoms with Gasteiger partial charge in [-0.1, -0.05) is 18.2 Å². The van der Waals surface area contributed by atoms with Gasteiger partial charge in [-0.05, 0) is 30.3 Å². The molecule has 0 unspecified atom stereocenters. The summed E-state index contributed by atoms with van der Waals surface area (Å²) in [6, 6.07) is 17.5. The number of rotatable bonds is 3. The molecule has 0 N–H and O–H groups in total. The highest BCUT2D eigenvalue weighted by Gasteiger charge is 2.33. The van der Waals surface area contributed by atoms with Gasteiger partial charge in [0.2, 0.25) is 5.88 Å². The molecule has 128 valence electrons. The number of amides is 1. The van der Waals surface area contributed by atoms with E-state index < -0.39 is 0 Å². The average molecular weight is 361 g/mol. The van der Waals surface area contributed by atoms with Crippen molar-refractivity contribution in [1.29, 1.82) is 0 Å². The van der Waals surface area contributed by atoms with Crippen molar-refractivity contribution in [2.24, 2.45) is 0 Å². The van der Waals surface area contributed by atoms with E-state index in [1.807, 2.05) is 54.6 Å². The number of nitrogens with zero attached hydrogens (tertiary/aromatic N) is 3. The van der Waals surface area contributed by atoms with Gasteiger partial charge in [-0.15, -0.1) is 11.3 Å². The number of carbonyl (C=O) groups excluding carboxylic acids is 1. The van der Waals surface area contributed by atoms with Gasteiger partial charge < -0.3 is 9.64 Å². The third-order valence-electron chi connectivity index (χ3n) is 4.57. The lowest BCUT2D eigenvalue weighted by molar-refractivity contribution is 0.0161. The summed E-state index contributed by atoms with van der Waals surface area (Å²) in [5.74, 6) is 0.637. The Morgan fingerprint density at radius 1 is 1.08 bits per heavy atom. The zero-order chi connectivity index (χ0) is 17.5. The molecule has 1 saturated heterocycles. The number of para-hydroxylation sites is 1. The van der Waals surface area contributed by atoms with Crippen molar-refractivity contribution >= 4 is 38.4 Å². The minimum Gasteiger partial charge on any atom is -0.471 e. The molecule has 4 aromatic rings. The van der Waals surface area contributed by atoms with Gasteiger partial charge in [0.05, 0.1) is 34.3 Å². The number of likely N-dealkylation sites (tertiary alicyclic amines) is 1. The van der Waals surface area contributed by atoms with Crippen molar-refractivity contribution in [2.75, 3.05) is 13.1 Å². The van der Waals surface area contributed by atoms with Gasteiger partial charge in [-0.2, -0.15) is 0 Å². The van der Waals surface area contributed by atoms with Crippen molar-refractivity contribution in [2.45, 2.75) is 6.10 Å². The number of hydrogen-bond acceptors (Lipinski definition) is 5. The second kappa shape index (κ2) is 6.07. The van der Waals surface area contributed by atoms with E-state index in [0.29, 0.717) is 24.5 Å². The van der Waals surface area contributed by atoms with Crippen molar-refractivity contribution in [3.05, 3.63) is 65.7 Å². The van der Waals surface area contributed by atoms with E-state index >= 15 is 0 Å². The van der Waals surface area contributed by atoms with Gasteiger partial charge in [-0.25, -0.2) is 9.97 Å². The van der Waals surface area contributed by atoms with Gasteiger partial charge in [0, 0.05) is 17.0 Å². The maximum Gasteiger partial charge on any atom is 0.254 e. The molecule has 6 heteroatoms. The molecular weight excluding hydrogens is 346 g/mol. The summed E-state index contributed by atoms with van der Waals surface area (Å²) in [4.78, 5) is 23.2. The number of thiazole rings is 1. The van der Waals surface area contributed by atoms with Crippen LogP contribution < -0.4 is 4.74 Å². The van der Waals surface area contributed by atoms with E-state index in [2.05, 4.69) is 9.97 Å². The Kier molecular flexibility index (Phi) is 3.57. The second-order valence-corrected chi connectivity index (χ2v) is 7.21. The van der Waals surface area contributed by atoms with Crippen LogP contribution in [0, 0.1) is 0 Å². The Hall–Kier alpha value is -2.99. The molecule has 1 amide bonds. The number of hydrogen-bond donors (Lipinski definition) is 0. The first-order valence-corrected chi connectivity index (χ1v) is 9.29. The molecule has 1 aliphatic rings. The second-order valence-electron chi connectivity index (χ2n) is 6.33. The zero-order valence-corrected chi connectivity index (χ0v) is 14.6. The molecule has 3 heterocycles.